The van der Waals surface area contributed by atoms with E-state index in [0.29, 0.717) is 21.6 Å². The maximum absolute atomic E-state index is 13.1. The van der Waals surface area contributed by atoms with Crippen molar-refractivity contribution in [2.45, 2.75) is 0 Å². The molecule has 2 aromatic carbocycles. The van der Waals surface area contributed by atoms with E-state index in [1.54, 1.807) is 18.2 Å². The van der Waals surface area contributed by atoms with Crippen molar-refractivity contribution in [3.8, 4) is 11.3 Å². The molecule has 0 saturated carbocycles. The number of aromatic nitrogens is 1. The summed E-state index contributed by atoms with van der Waals surface area (Å²) in [5.74, 6) is -0.423. The fraction of sp³-hybridized carbons (Fsp3) is 0. The van der Waals surface area contributed by atoms with E-state index in [9.17, 15) is 9.18 Å². The first-order chi connectivity index (χ1) is 9.13. The second-order valence-corrected chi connectivity index (χ2v) is 4.68. The Morgan fingerprint density at radius 1 is 1.05 bits per heavy atom. The van der Waals surface area contributed by atoms with Gasteiger partial charge < -0.3 is 4.98 Å². The topological polar surface area (TPSA) is 32.9 Å². The van der Waals surface area contributed by atoms with Crippen LogP contribution < -0.4 is 5.43 Å². The first-order valence-electron chi connectivity index (χ1n) is 5.72. The van der Waals surface area contributed by atoms with E-state index in [4.69, 9.17) is 11.6 Å². The summed E-state index contributed by atoms with van der Waals surface area (Å²) in [6.07, 6.45) is 0. The van der Waals surface area contributed by atoms with Gasteiger partial charge in [-0.15, -0.1) is 0 Å². The molecule has 19 heavy (non-hydrogen) atoms. The van der Waals surface area contributed by atoms with Crippen molar-refractivity contribution in [3.05, 3.63) is 69.6 Å². The van der Waals surface area contributed by atoms with Crippen molar-refractivity contribution in [2.24, 2.45) is 0 Å². The number of benzene rings is 2. The summed E-state index contributed by atoms with van der Waals surface area (Å²) >= 11 is 5.93. The third-order valence-electron chi connectivity index (χ3n) is 2.93. The Kier molecular flexibility index (Phi) is 2.84. The van der Waals surface area contributed by atoms with Crippen LogP contribution in [0.5, 0.6) is 0 Å². The lowest BCUT2D eigenvalue weighted by atomic mass is 10.1. The highest BCUT2D eigenvalue weighted by Crippen LogP contribution is 2.21. The largest absolute Gasteiger partial charge is 0.354 e. The van der Waals surface area contributed by atoms with Gasteiger partial charge >= 0.3 is 0 Å². The van der Waals surface area contributed by atoms with Crippen LogP contribution in [0.2, 0.25) is 5.02 Å². The average molecular weight is 274 g/mol. The van der Waals surface area contributed by atoms with Crippen molar-refractivity contribution in [2.75, 3.05) is 0 Å². The highest BCUT2D eigenvalue weighted by atomic mass is 35.5. The van der Waals surface area contributed by atoms with Crippen molar-refractivity contribution < 1.29 is 4.39 Å². The molecule has 4 heteroatoms. The summed E-state index contributed by atoms with van der Waals surface area (Å²) in [6.45, 7) is 0. The smallest absolute Gasteiger partial charge is 0.190 e. The Hall–Kier alpha value is -2.13. The molecule has 94 valence electrons. The number of fused-ring (bicyclic) bond motifs is 1. The second-order valence-electron chi connectivity index (χ2n) is 4.25. The van der Waals surface area contributed by atoms with Crippen LogP contribution in [-0.4, -0.2) is 4.98 Å². The van der Waals surface area contributed by atoms with Gasteiger partial charge in [-0.3, -0.25) is 4.79 Å². The highest BCUT2D eigenvalue weighted by molar-refractivity contribution is 6.30. The van der Waals surface area contributed by atoms with Crippen LogP contribution in [0.15, 0.2) is 53.3 Å². The number of aromatic amines is 1. The van der Waals surface area contributed by atoms with Crippen LogP contribution in [0.3, 0.4) is 0 Å². The molecule has 0 saturated heterocycles. The number of nitrogens with one attached hydrogen (secondary N) is 1. The monoisotopic (exact) mass is 273 g/mol. The fourth-order valence-corrected chi connectivity index (χ4v) is 2.22. The zero-order valence-corrected chi connectivity index (χ0v) is 10.5. The number of H-pyrrole nitrogens is 1. The molecule has 3 rings (SSSR count). The van der Waals surface area contributed by atoms with Gasteiger partial charge in [-0.2, -0.15) is 0 Å². The van der Waals surface area contributed by atoms with E-state index < -0.39 is 5.82 Å². The van der Waals surface area contributed by atoms with Crippen molar-refractivity contribution >= 4 is 22.5 Å². The lowest BCUT2D eigenvalue weighted by molar-refractivity contribution is 0.629. The molecular weight excluding hydrogens is 265 g/mol. The summed E-state index contributed by atoms with van der Waals surface area (Å²) in [5, 5.41) is 0.934. The van der Waals surface area contributed by atoms with E-state index >= 15 is 0 Å². The third kappa shape index (κ3) is 2.25. The molecule has 3 aromatic rings. The predicted octanol–water partition coefficient (Wildman–Crippen LogP) is 3.99. The molecule has 0 atom stereocenters. The molecule has 0 aliphatic rings. The van der Waals surface area contributed by atoms with Crippen LogP contribution >= 0.6 is 11.6 Å². The Morgan fingerprint density at radius 2 is 1.89 bits per heavy atom. The van der Waals surface area contributed by atoms with Gasteiger partial charge in [-0.25, -0.2) is 4.39 Å². The SMILES string of the molecule is O=c1cc(-c2cccc(Cl)c2)[nH]c2ccc(F)cc12. The predicted molar refractivity (Wildman–Crippen MR) is 75.0 cm³/mol. The van der Waals surface area contributed by atoms with Crippen molar-refractivity contribution in [1.82, 2.24) is 4.98 Å². The number of hydrogen-bond donors (Lipinski definition) is 1. The molecule has 1 heterocycles. The Balaban J connectivity index is 2.27. The van der Waals surface area contributed by atoms with Crippen LogP contribution in [0.25, 0.3) is 22.2 Å². The molecule has 0 spiro atoms. The fourth-order valence-electron chi connectivity index (χ4n) is 2.03. The second kappa shape index (κ2) is 4.52. The minimum atomic E-state index is -0.423. The minimum Gasteiger partial charge on any atom is -0.354 e. The van der Waals surface area contributed by atoms with Crippen LogP contribution in [0, 0.1) is 5.82 Å². The van der Waals surface area contributed by atoms with Gasteiger partial charge in [0.25, 0.3) is 0 Å². The minimum absolute atomic E-state index is 0.219. The Bertz CT molecular complexity index is 826. The first-order valence-corrected chi connectivity index (χ1v) is 6.10. The van der Waals surface area contributed by atoms with Gasteiger partial charge in [-0.1, -0.05) is 23.7 Å². The standard InChI is InChI=1S/C15H9ClFNO/c16-10-3-1-2-9(6-10)14-8-15(19)12-7-11(17)4-5-13(12)18-14/h1-8H,(H,18,19). The third-order valence-corrected chi connectivity index (χ3v) is 3.16. The Labute approximate surface area is 113 Å². The van der Waals surface area contributed by atoms with E-state index in [2.05, 4.69) is 4.98 Å². The molecule has 0 bridgehead atoms. The lowest BCUT2D eigenvalue weighted by Gasteiger charge is -2.05. The molecular formula is C15H9ClFNO. The van der Waals surface area contributed by atoms with E-state index in [0.717, 1.165) is 5.56 Å². The summed E-state index contributed by atoms with van der Waals surface area (Å²) in [7, 11) is 0. The van der Waals surface area contributed by atoms with Gasteiger partial charge in [0.1, 0.15) is 5.82 Å². The van der Waals surface area contributed by atoms with Crippen molar-refractivity contribution in [1.29, 1.82) is 0 Å². The van der Waals surface area contributed by atoms with Crippen LogP contribution in [0.1, 0.15) is 0 Å². The lowest BCUT2D eigenvalue weighted by Crippen LogP contribution is -2.03. The summed E-state index contributed by atoms with van der Waals surface area (Å²) in [5.41, 5.74) is 1.86. The number of pyridine rings is 1. The molecule has 0 unspecified atom stereocenters. The van der Waals surface area contributed by atoms with Crippen LogP contribution in [-0.2, 0) is 0 Å². The van der Waals surface area contributed by atoms with E-state index in [1.165, 1.54) is 18.2 Å². The maximum atomic E-state index is 13.1. The molecule has 2 nitrogen and oxygen atoms in total. The molecule has 0 radical (unpaired) electrons. The van der Waals surface area contributed by atoms with E-state index in [1.807, 2.05) is 12.1 Å². The van der Waals surface area contributed by atoms with Gasteiger partial charge in [0.2, 0.25) is 0 Å². The average Bonchev–Trinajstić information content (AvgIpc) is 2.39. The van der Waals surface area contributed by atoms with Gasteiger partial charge in [0.15, 0.2) is 5.43 Å². The number of hydrogen-bond acceptors (Lipinski definition) is 1. The van der Waals surface area contributed by atoms with E-state index in [-0.39, 0.29) is 5.43 Å². The van der Waals surface area contributed by atoms with Gasteiger partial charge in [-0.05, 0) is 35.9 Å². The molecule has 1 N–H and O–H groups in total. The summed E-state index contributed by atoms with van der Waals surface area (Å²) in [4.78, 5) is 15.1. The molecule has 0 fully saturated rings. The summed E-state index contributed by atoms with van der Waals surface area (Å²) in [6, 6.07) is 12.8. The summed E-state index contributed by atoms with van der Waals surface area (Å²) < 4.78 is 13.1. The zero-order chi connectivity index (χ0) is 13.4. The Morgan fingerprint density at radius 3 is 2.68 bits per heavy atom. The normalized spacial score (nSPS) is 10.8. The van der Waals surface area contributed by atoms with Gasteiger partial charge in [0, 0.05) is 27.7 Å². The number of halogens is 2. The molecule has 0 aliphatic carbocycles. The van der Waals surface area contributed by atoms with Crippen molar-refractivity contribution in [3.63, 3.8) is 0 Å². The van der Waals surface area contributed by atoms with Gasteiger partial charge in [0.05, 0.1) is 0 Å². The number of rotatable bonds is 1. The quantitative estimate of drug-likeness (QED) is 0.714. The zero-order valence-electron chi connectivity index (χ0n) is 9.78. The van der Waals surface area contributed by atoms with Crippen LogP contribution in [0.4, 0.5) is 4.39 Å². The molecule has 0 amide bonds. The molecule has 0 aliphatic heterocycles. The maximum Gasteiger partial charge on any atom is 0.190 e. The molecule has 1 aromatic heterocycles. The highest BCUT2D eigenvalue weighted by Gasteiger charge is 2.05. The first kappa shape index (κ1) is 11.9.